The highest BCUT2D eigenvalue weighted by atomic mass is 19.1. The highest BCUT2D eigenvalue weighted by molar-refractivity contribution is 5.83. The summed E-state index contributed by atoms with van der Waals surface area (Å²) in [6.07, 6.45) is 0.522. The maximum Gasteiger partial charge on any atom is 0.375 e. The van der Waals surface area contributed by atoms with Gasteiger partial charge in [-0.3, -0.25) is 0 Å². The normalized spacial score (nSPS) is 10.9. The second-order valence-corrected chi connectivity index (χ2v) is 4.62. The van der Waals surface area contributed by atoms with Gasteiger partial charge in [-0.15, -0.1) is 5.10 Å². The zero-order valence-corrected chi connectivity index (χ0v) is 10.7. The van der Waals surface area contributed by atoms with Gasteiger partial charge in [-0.1, -0.05) is 26.0 Å². The SMILES string of the molecule is CC(C)Cc1nc(C(=O)O)nn1-c1ccccc1F. The number of carbonyl (C=O) groups is 1. The summed E-state index contributed by atoms with van der Waals surface area (Å²) in [5.41, 5.74) is 0.207. The quantitative estimate of drug-likeness (QED) is 0.919. The Morgan fingerprint density at radius 1 is 1.42 bits per heavy atom. The van der Waals surface area contributed by atoms with Crippen LogP contribution in [-0.4, -0.2) is 25.8 Å². The van der Waals surface area contributed by atoms with Crippen LogP contribution in [0.4, 0.5) is 4.39 Å². The summed E-state index contributed by atoms with van der Waals surface area (Å²) >= 11 is 0. The molecule has 1 aromatic carbocycles. The van der Waals surface area contributed by atoms with Crippen molar-refractivity contribution in [3.8, 4) is 5.69 Å². The predicted molar refractivity (Wildman–Crippen MR) is 66.8 cm³/mol. The Kier molecular flexibility index (Phi) is 3.59. The molecule has 0 bridgehead atoms. The molecule has 0 saturated heterocycles. The molecule has 100 valence electrons. The van der Waals surface area contributed by atoms with E-state index in [-0.39, 0.29) is 17.4 Å². The topological polar surface area (TPSA) is 68.0 Å². The number of aromatic nitrogens is 3. The first-order valence-corrected chi connectivity index (χ1v) is 5.93. The minimum absolute atomic E-state index is 0.207. The molecular weight excluding hydrogens is 249 g/mol. The number of nitrogens with zero attached hydrogens (tertiary/aromatic N) is 3. The first-order chi connectivity index (χ1) is 8.99. The number of benzene rings is 1. The number of carboxylic acid groups (broad SMARTS) is 1. The van der Waals surface area contributed by atoms with E-state index >= 15 is 0 Å². The summed E-state index contributed by atoms with van der Waals surface area (Å²) in [6.45, 7) is 3.95. The Bertz CT molecular complexity index is 608. The highest BCUT2D eigenvalue weighted by Crippen LogP contribution is 2.16. The molecule has 2 rings (SSSR count). The number of carboxylic acids is 1. The molecule has 0 radical (unpaired) electrons. The number of aromatic carboxylic acids is 1. The van der Waals surface area contributed by atoms with Crippen molar-refractivity contribution in [3.05, 3.63) is 41.7 Å². The molecule has 0 unspecified atom stereocenters. The van der Waals surface area contributed by atoms with Crippen molar-refractivity contribution in [3.63, 3.8) is 0 Å². The van der Waals surface area contributed by atoms with Gasteiger partial charge in [-0.2, -0.15) is 0 Å². The van der Waals surface area contributed by atoms with E-state index in [2.05, 4.69) is 10.1 Å². The van der Waals surface area contributed by atoms with Gasteiger partial charge < -0.3 is 5.11 Å². The molecular formula is C13H14FN3O2. The molecule has 19 heavy (non-hydrogen) atoms. The van der Waals surface area contributed by atoms with E-state index in [9.17, 15) is 9.18 Å². The van der Waals surface area contributed by atoms with Gasteiger partial charge in [0.15, 0.2) is 0 Å². The van der Waals surface area contributed by atoms with Gasteiger partial charge in [0.2, 0.25) is 0 Å². The molecule has 0 spiro atoms. The van der Waals surface area contributed by atoms with Crippen LogP contribution in [-0.2, 0) is 6.42 Å². The molecule has 1 aromatic heterocycles. The third-order valence-electron chi connectivity index (χ3n) is 2.54. The maximum absolute atomic E-state index is 13.8. The molecule has 0 fully saturated rings. The molecule has 0 aliphatic heterocycles. The lowest BCUT2D eigenvalue weighted by Crippen LogP contribution is -2.08. The summed E-state index contributed by atoms with van der Waals surface area (Å²) < 4.78 is 15.0. The first-order valence-electron chi connectivity index (χ1n) is 5.93. The van der Waals surface area contributed by atoms with E-state index in [4.69, 9.17) is 5.11 Å². The minimum atomic E-state index is -1.22. The van der Waals surface area contributed by atoms with Crippen LogP contribution in [0.3, 0.4) is 0 Å². The Labute approximate surface area is 109 Å². The molecule has 5 nitrogen and oxygen atoms in total. The van der Waals surface area contributed by atoms with Gasteiger partial charge in [0, 0.05) is 6.42 Å². The fourth-order valence-corrected chi connectivity index (χ4v) is 1.75. The highest BCUT2D eigenvalue weighted by Gasteiger charge is 2.18. The van der Waals surface area contributed by atoms with Crippen LogP contribution < -0.4 is 0 Å². The second-order valence-electron chi connectivity index (χ2n) is 4.62. The zero-order chi connectivity index (χ0) is 14.0. The van der Waals surface area contributed by atoms with Crippen molar-refractivity contribution in [2.24, 2.45) is 5.92 Å². The van der Waals surface area contributed by atoms with Crippen LogP contribution in [0.15, 0.2) is 24.3 Å². The largest absolute Gasteiger partial charge is 0.475 e. The molecule has 0 saturated carbocycles. The van der Waals surface area contributed by atoms with Crippen molar-refractivity contribution < 1.29 is 14.3 Å². The van der Waals surface area contributed by atoms with E-state index in [0.29, 0.717) is 12.2 Å². The zero-order valence-electron chi connectivity index (χ0n) is 10.7. The van der Waals surface area contributed by atoms with Crippen LogP contribution >= 0.6 is 0 Å². The van der Waals surface area contributed by atoms with E-state index < -0.39 is 11.8 Å². The van der Waals surface area contributed by atoms with Gasteiger partial charge in [0.1, 0.15) is 17.3 Å². The fourth-order valence-electron chi connectivity index (χ4n) is 1.75. The van der Waals surface area contributed by atoms with Crippen LogP contribution in [0.2, 0.25) is 0 Å². The molecule has 0 amide bonds. The van der Waals surface area contributed by atoms with Crippen molar-refractivity contribution in [2.45, 2.75) is 20.3 Å². The summed E-state index contributed by atoms with van der Waals surface area (Å²) in [7, 11) is 0. The molecule has 1 N–H and O–H groups in total. The molecule has 0 atom stereocenters. The standard InChI is InChI=1S/C13H14FN3O2/c1-8(2)7-11-15-12(13(18)19)16-17(11)10-6-4-3-5-9(10)14/h3-6,8H,7H2,1-2H3,(H,18,19). The molecule has 6 heteroatoms. The third kappa shape index (κ3) is 2.78. The predicted octanol–water partition coefficient (Wildman–Crippen LogP) is 2.30. The summed E-state index contributed by atoms with van der Waals surface area (Å²) in [4.78, 5) is 14.9. The number of hydrogen-bond donors (Lipinski definition) is 1. The summed E-state index contributed by atoms with van der Waals surface area (Å²) in [5.74, 6) is -1.30. The number of hydrogen-bond acceptors (Lipinski definition) is 3. The minimum Gasteiger partial charge on any atom is -0.475 e. The van der Waals surface area contributed by atoms with Gasteiger partial charge in [0.25, 0.3) is 5.82 Å². The Hall–Kier alpha value is -2.24. The monoisotopic (exact) mass is 263 g/mol. The lowest BCUT2D eigenvalue weighted by Gasteiger charge is -2.08. The third-order valence-corrected chi connectivity index (χ3v) is 2.54. The number of halogens is 1. The summed E-state index contributed by atoms with van der Waals surface area (Å²) in [5, 5.41) is 12.8. The molecule has 0 aliphatic carbocycles. The van der Waals surface area contributed by atoms with Crippen molar-refractivity contribution >= 4 is 5.97 Å². The average Bonchev–Trinajstić information content (AvgIpc) is 2.73. The van der Waals surface area contributed by atoms with Crippen molar-refractivity contribution in [1.82, 2.24) is 14.8 Å². The molecule has 1 heterocycles. The van der Waals surface area contributed by atoms with E-state index in [1.165, 1.54) is 10.7 Å². The van der Waals surface area contributed by atoms with Gasteiger partial charge in [-0.25, -0.2) is 18.9 Å². The fraction of sp³-hybridized carbons (Fsp3) is 0.308. The number of para-hydroxylation sites is 1. The number of rotatable bonds is 4. The van der Waals surface area contributed by atoms with Crippen molar-refractivity contribution in [2.75, 3.05) is 0 Å². The molecule has 2 aromatic rings. The van der Waals surface area contributed by atoms with Crippen LogP contribution in [0.25, 0.3) is 5.69 Å². The average molecular weight is 263 g/mol. The van der Waals surface area contributed by atoms with Gasteiger partial charge in [-0.05, 0) is 18.1 Å². The first kappa shape index (κ1) is 13.2. The van der Waals surface area contributed by atoms with Crippen molar-refractivity contribution in [1.29, 1.82) is 0 Å². The van der Waals surface area contributed by atoms with Crippen LogP contribution in [0.5, 0.6) is 0 Å². The summed E-state index contributed by atoms with van der Waals surface area (Å²) in [6, 6.07) is 6.08. The van der Waals surface area contributed by atoms with E-state index in [1.54, 1.807) is 18.2 Å². The molecule has 0 aliphatic rings. The van der Waals surface area contributed by atoms with Crippen LogP contribution in [0, 0.1) is 11.7 Å². The van der Waals surface area contributed by atoms with Gasteiger partial charge >= 0.3 is 5.97 Å². The van der Waals surface area contributed by atoms with Crippen LogP contribution in [0.1, 0.15) is 30.3 Å². The Morgan fingerprint density at radius 3 is 2.68 bits per heavy atom. The van der Waals surface area contributed by atoms with E-state index in [1.807, 2.05) is 13.8 Å². The lowest BCUT2D eigenvalue weighted by molar-refractivity contribution is 0.0683. The maximum atomic E-state index is 13.8. The smallest absolute Gasteiger partial charge is 0.375 e. The van der Waals surface area contributed by atoms with Gasteiger partial charge in [0.05, 0.1) is 0 Å². The second kappa shape index (κ2) is 5.17. The van der Waals surface area contributed by atoms with E-state index in [0.717, 1.165) is 0 Å². The lowest BCUT2D eigenvalue weighted by atomic mass is 10.1. The Morgan fingerprint density at radius 2 is 2.11 bits per heavy atom. The Balaban J connectivity index is 2.54.